The van der Waals surface area contributed by atoms with Crippen molar-refractivity contribution in [2.24, 2.45) is 0 Å². The number of carbonyl (C=O) groups is 1. The average molecular weight is 487 g/mol. The van der Waals surface area contributed by atoms with E-state index < -0.39 is 6.04 Å². The molecule has 1 aliphatic heterocycles. The molecule has 1 unspecified atom stereocenters. The van der Waals surface area contributed by atoms with Gasteiger partial charge in [0.25, 0.3) is 0 Å². The summed E-state index contributed by atoms with van der Waals surface area (Å²) in [6.45, 7) is 4.57. The van der Waals surface area contributed by atoms with Gasteiger partial charge in [0.1, 0.15) is 24.2 Å². The van der Waals surface area contributed by atoms with Gasteiger partial charge in [-0.05, 0) is 49.7 Å². The Kier molecular flexibility index (Phi) is 6.73. The zero-order valence-corrected chi connectivity index (χ0v) is 20.1. The smallest absolute Gasteiger partial charge is 0.323 e. The van der Waals surface area contributed by atoms with Gasteiger partial charge in [0.15, 0.2) is 0 Å². The minimum Gasteiger partial charge on any atom is -0.460 e. The van der Waals surface area contributed by atoms with Gasteiger partial charge in [0.2, 0.25) is 5.95 Å². The van der Waals surface area contributed by atoms with E-state index >= 15 is 0 Å². The van der Waals surface area contributed by atoms with Crippen LogP contribution in [0.15, 0.2) is 66.9 Å². The number of esters is 1. The zero-order valence-electron chi connectivity index (χ0n) is 20.1. The standard InChI is InChI=1S/C27H27FN6O2/c1-17(2)31-27-29-13-12-21(32-27)24-23-14-22(26(35)36-15-18-6-4-3-5-7-18)30-16-34(23)33-25(24)19-8-10-20(28)11-9-19/h3-13,17,22,30H,14-16H2,1-2H3,(H,29,31,32). The highest BCUT2D eigenvalue weighted by molar-refractivity contribution is 5.83. The van der Waals surface area contributed by atoms with Gasteiger partial charge in [0.05, 0.1) is 18.1 Å². The summed E-state index contributed by atoms with van der Waals surface area (Å²) in [5.41, 5.74) is 4.67. The number of benzene rings is 2. The number of hydrogen-bond donors (Lipinski definition) is 2. The number of halogens is 1. The zero-order chi connectivity index (χ0) is 25.1. The molecule has 2 aromatic carbocycles. The number of carbonyl (C=O) groups excluding carboxylic acids is 1. The third-order valence-electron chi connectivity index (χ3n) is 5.90. The van der Waals surface area contributed by atoms with Crippen LogP contribution in [-0.2, 0) is 29.2 Å². The number of anilines is 1. The van der Waals surface area contributed by atoms with Gasteiger partial charge < -0.3 is 10.1 Å². The SMILES string of the molecule is CC(C)Nc1nccc(-c2c(-c3ccc(F)cc3)nn3c2CC(C(=O)OCc2ccccc2)NC3)n1. The molecule has 0 radical (unpaired) electrons. The molecule has 0 saturated carbocycles. The van der Waals surface area contributed by atoms with Crippen LogP contribution >= 0.6 is 0 Å². The number of rotatable bonds is 7. The van der Waals surface area contributed by atoms with Crippen molar-refractivity contribution in [1.82, 2.24) is 25.1 Å². The van der Waals surface area contributed by atoms with Gasteiger partial charge in [-0.25, -0.2) is 14.4 Å². The number of hydrogen-bond acceptors (Lipinski definition) is 7. The van der Waals surface area contributed by atoms with E-state index in [4.69, 9.17) is 14.8 Å². The van der Waals surface area contributed by atoms with Crippen molar-refractivity contribution in [1.29, 1.82) is 0 Å². The molecule has 0 aliphatic carbocycles. The lowest BCUT2D eigenvalue weighted by atomic mass is 9.98. The third-order valence-corrected chi connectivity index (χ3v) is 5.90. The summed E-state index contributed by atoms with van der Waals surface area (Å²) < 4.78 is 21.1. The van der Waals surface area contributed by atoms with Gasteiger partial charge in [-0.3, -0.25) is 14.8 Å². The molecule has 0 saturated heterocycles. The number of nitrogens with zero attached hydrogens (tertiary/aromatic N) is 4. The third kappa shape index (κ3) is 5.11. The summed E-state index contributed by atoms with van der Waals surface area (Å²) in [6.07, 6.45) is 2.06. The Bertz CT molecular complexity index is 1350. The van der Waals surface area contributed by atoms with Crippen molar-refractivity contribution in [3.05, 3.63) is 83.9 Å². The fraction of sp³-hybridized carbons (Fsp3) is 0.259. The topological polar surface area (TPSA) is 94.0 Å². The Morgan fingerprint density at radius 3 is 2.69 bits per heavy atom. The van der Waals surface area contributed by atoms with Crippen molar-refractivity contribution in [2.75, 3.05) is 5.32 Å². The van der Waals surface area contributed by atoms with E-state index in [9.17, 15) is 9.18 Å². The second-order valence-electron chi connectivity index (χ2n) is 8.95. The molecule has 0 bridgehead atoms. The fourth-order valence-corrected chi connectivity index (χ4v) is 4.20. The lowest BCUT2D eigenvalue weighted by molar-refractivity contribution is -0.148. The number of ether oxygens (including phenoxy) is 1. The van der Waals surface area contributed by atoms with Crippen LogP contribution in [0.2, 0.25) is 0 Å². The first-order valence-electron chi connectivity index (χ1n) is 11.9. The van der Waals surface area contributed by atoms with E-state index in [0.717, 1.165) is 22.4 Å². The highest BCUT2D eigenvalue weighted by Gasteiger charge is 2.31. The van der Waals surface area contributed by atoms with Crippen LogP contribution in [0.3, 0.4) is 0 Å². The molecular weight excluding hydrogens is 459 g/mol. The largest absolute Gasteiger partial charge is 0.460 e. The van der Waals surface area contributed by atoms with E-state index in [0.29, 0.717) is 30.4 Å². The molecular formula is C27H27FN6O2. The predicted molar refractivity (Wildman–Crippen MR) is 134 cm³/mol. The Labute approximate surface area is 208 Å². The van der Waals surface area contributed by atoms with E-state index in [1.165, 1.54) is 12.1 Å². The molecule has 8 nitrogen and oxygen atoms in total. The van der Waals surface area contributed by atoms with Crippen LogP contribution in [0.1, 0.15) is 25.1 Å². The monoisotopic (exact) mass is 486 g/mol. The Hall–Kier alpha value is -4.11. The lowest BCUT2D eigenvalue weighted by Crippen LogP contribution is -2.45. The molecule has 5 rings (SSSR count). The molecule has 9 heteroatoms. The molecule has 0 amide bonds. The molecule has 184 valence electrons. The van der Waals surface area contributed by atoms with E-state index in [-0.39, 0.29) is 24.4 Å². The normalized spacial score (nSPS) is 14.9. The second-order valence-corrected chi connectivity index (χ2v) is 8.95. The van der Waals surface area contributed by atoms with Crippen LogP contribution in [-0.4, -0.2) is 37.8 Å². The van der Waals surface area contributed by atoms with Gasteiger partial charge >= 0.3 is 5.97 Å². The van der Waals surface area contributed by atoms with Gasteiger partial charge in [0, 0.05) is 29.8 Å². The van der Waals surface area contributed by atoms with Crippen molar-refractivity contribution >= 4 is 11.9 Å². The second kappa shape index (κ2) is 10.2. The van der Waals surface area contributed by atoms with E-state index in [1.54, 1.807) is 18.3 Å². The maximum atomic E-state index is 13.6. The maximum absolute atomic E-state index is 13.6. The first kappa shape index (κ1) is 23.6. The highest BCUT2D eigenvalue weighted by atomic mass is 19.1. The molecule has 0 spiro atoms. The van der Waals surface area contributed by atoms with Crippen LogP contribution < -0.4 is 10.6 Å². The van der Waals surface area contributed by atoms with E-state index in [1.807, 2.05) is 54.9 Å². The first-order chi connectivity index (χ1) is 17.5. The van der Waals surface area contributed by atoms with Gasteiger partial charge in [-0.1, -0.05) is 30.3 Å². The molecule has 2 N–H and O–H groups in total. The van der Waals surface area contributed by atoms with Gasteiger partial charge in [-0.2, -0.15) is 5.10 Å². The molecule has 2 aromatic heterocycles. The summed E-state index contributed by atoms with van der Waals surface area (Å²) >= 11 is 0. The Balaban J connectivity index is 1.49. The molecule has 3 heterocycles. The predicted octanol–water partition coefficient (Wildman–Crippen LogP) is 4.18. The average Bonchev–Trinajstić information content (AvgIpc) is 3.27. The number of nitrogens with one attached hydrogen (secondary N) is 2. The molecule has 36 heavy (non-hydrogen) atoms. The summed E-state index contributed by atoms with van der Waals surface area (Å²) in [6, 6.07) is 17.2. The van der Waals surface area contributed by atoms with Crippen LogP contribution in [0, 0.1) is 5.82 Å². The maximum Gasteiger partial charge on any atom is 0.323 e. The summed E-state index contributed by atoms with van der Waals surface area (Å²) in [4.78, 5) is 22.0. The Morgan fingerprint density at radius 1 is 1.17 bits per heavy atom. The highest BCUT2D eigenvalue weighted by Crippen LogP contribution is 2.35. The van der Waals surface area contributed by atoms with Gasteiger partial charge in [-0.15, -0.1) is 0 Å². The first-order valence-corrected chi connectivity index (χ1v) is 11.9. The van der Waals surface area contributed by atoms with Crippen molar-refractivity contribution in [3.8, 4) is 22.5 Å². The lowest BCUT2D eigenvalue weighted by Gasteiger charge is -2.24. The van der Waals surface area contributed by atoms with Crippen molar-refractivity contribution in [2.45, 2.75) is 45.6 Å². The van der Waals surface area contributed by atoms with Crippen LogP contribution in [0.5, 0.6) is 0 Å². The quantitative estimate of drug-likeness (QED) is 0.379. The summed E-state index contributed by atoms with van der Waals surface area (Å²) in [5.74, 6) is -0.150. The fourth-order valence-electron chi connectivity index (χ4n) is 4.20. The summed E-state index contributed by atoms with van der Waals surface area (Å²) in [7, 11) is 0. The molecule has 1 atom stereocenters. The minimum atomic E-state index is -0.534. The minimum absolute atomic E-state index is 0.158. The number of aromatic nitrogens is 4. The summed E-state index contributed by atoms with van der Waals surface area (Å²) in [5, 5.41) is 11.3. The van der Waals surface area contributed by atoms with Crippen LogP contribution in [0.4, 0.5) is 10.3 Å². The Morgan fingerprint density at radius 2 is 1.94 bits per heavy atom. The molecule has 4 aromatic rings. The van der Waals surface area contributed by atoms with Crippen molar-refractivity contribution in [3.63, 3.8) is 0 Å². The van der Waals surface area contributed by atoms with Crippen molar-refractivity contribution < 1.29 is 13.9 Å². The van der Waals surface area contributed by atoms with E-state index in [2.05, 4.69) is 15.6 Å². The molecule has 1 aliphatic rings. The molecule has 0 fully saturated rings. The number of fused-ring (bicyclic) bond motifs is 1. The van der Waals surface area contributed by atoms with Crippen LogP contribution in [0.25, 0.3) is 22.5 Å².